The van der Waals surface area contributed by atoms with E-state index in [9.17, 15) is 0 Å². The Kier molecular flexibility index (Phi) is 4.13. The molecule has 0 spiro atoms. The van der Waals surface area contributed by atoms with E-state index < -0.39 is 0 Å². The lowest BCUT2D eigenvalue weighted by Gasteiger charge is -2.21. The molecule has 0 unspecified atom stereocenters. The Morgan fingerprint density at radius 3 is 2.65 bits per heavy atom. The van der Waals surface area contributed by atoms with Crippen molar-refractivity contribution in [2.75, 3.05) is 18.5 Å². The van der Waals surface area contributed by atoms with Gasteiger partial charge in [0.05, 0.1) is 0 Å². The van der Waals surface area contributed by atoms with Crippen LogP contribution < -0.4 is 4.90 Å². The molecule has 0 fully saturated rings. The first-order valence-electron chi connectivity index (χ1n) is 6.60. The van der Waals surface area contributed by atoms with Crippen molar-refractivity contribution in [3.63, 3.8) is 0 Å². The summed E-state index contributed by atoms with van der Waals surface area (Å²) in [5.74, 6) is 1.66. The van der Waals surface area contributed by atoms with Crippen molar-refractivity contribution >= 4 is 5.82 Å². The van der Waals surface area contributed by atoms with Gasteiger partial charge < -0.3 is 4.90 Å². The second-order valence-corrected chi connectivity index (χ2v) is 5.14. The van der Waals surface area contributed by atoms with Gasteiger partial charge in [0.1, 0.15) is 5.82 Å². The van der Waals surface area contributed by atoms with Crippen molar-refractivity contribution in [1.82, 2.24) is 15.0 Å². The van der Waals surface area contributed by atoms with Crippen LogP contribution in [0.3, 0.4) is 0 Å². The molecular weight excluding hydrogens is 248 g/mol. The maximum absolute atomic E-state index is 4.69. The highest BCUT2D eigenvalue weighted by Crippen LogP contribution is 2.23. The minimum absolute atomic E-state index is 0.713. The molecule has 0 saturated carbocycles. The van der Waals surface area contributed by atoms with Crippen molar-refractivity contribution in [3.05, 3.63) is 47.9 Å². The zero-order valence-electron chi connectivity index (χ0n) is 12.5. The van der Waals surface area contributed by atoms with Crippen molar-refractivity contribution in [3.8, 4) is 11.4 Å². The summed E-state index contributed by atoms with van der Waals surface area (Å²) in [5, 5.41) is 0. The van der Waals surface area contributed by atoms with Crippen LogP contribution in [0.5, 0.6) is 0 Å². The van der Waals surface area contributed by atoms with Crippen LogP contribution >= 0.6 is 0 Å². The lowest BCUT2D eigenvalue weighted by atomic mass is 10.2. The molecule has 0 aliphatic heterocycles. The van der Waals surface area contributed by atoms with Crippen LogP contribution in [-0.2, 0) is 0 Å². The summed E-state index contributed by atoms with van der Waals surface area (Å²) < 4.78 is 0. The topological polar surface area (TPSA) is 41.9 Å². The van der Waals surface area contributed by atoms with Gasteiger partial charge >= 0.3 is 0 Å². The van der Waals surface area contributed by atoms with Crippen molar-refractivity contribution in [2.45, 2.75) is 20.8 Å². The first-order valence-corrected chi connectivity index (χ1v) is 6.60. The Labute approximate surface area is 120 Å². The molecule has 0 N–H and O–H groups in total. The van der Waals surface area contributed by atoms with E-state index in [1.165, 1.54) is 0 Å². The van der Waals surface area contributed by atoms with Crippen molar-refractivity contribution < 1.29 is 0 Å². The standard InChI is InChI=1S/C16H20N4/c1-11(2)10-20(5)16-12(3)13(4)18-15(19-16)14-7-6-8-17-9-14/h6-9H,1,10H2,2-5H3. The summed E-state index contributed by atoms with van der Waals surface area (Å²) in [6.45, 7) is 10.8. The van der Waals surface area contributed by atoms with Gasteiger partial charge in [0.25, 0.3) is 0 Å². The van der Waals surface area contributed by atoms with E-state index in [1.807, 2.05) is 40.0 Å². The molecule has 0 saturated heterocycles. The molecule has 0 amide bonds. The minimum atomic E-state index is 0.713. The first kappa shape index (κ1) is 14.2. The van der Waals surface area contributed by atoms with Gasteiger partial charge in [-0.1, -0.05) is 12.2 Å². The average molecular weight is 268 g/mol. The van der Waals surface area contributed by atoms with Crippen LogP contribution in [0.25, 0.3) is 11.4 Å². The molecule has 2 aromatic heterocycles. The number of anilines is 1. The molecule has 0 aliphatic carbocycles. The molecule has 0 atom stereocenters. The Hall–Kier alpha value is -2.23. The molecular formula is C16H20N4. The first-order chi connectivity index (χ1) is 9.49. The Morgan fingerprint density at radius 1 is 1.30 bits per heavy atom. The molecule has 20 heavy (non-hydrogen) atoms. The van der Waals surface area contributed by atoms with E-state index >= 15 is 0 Å². The number of likely N-dealkylation sites (N-methyl/N-ethyl adjacent to an activating group) is 1. The van der Waals surface area contributed by atoms with Gasteiger partial charge in [0, 0.05) is 42.8 Å². The minimum Gasteiger partial charge on any atom is -0.355 e. The van der Waals surface area contributed by atoms with Crippen molar-refractivity contribution in [1.29, 1.82) is 0 Å². The van der Waals surface area contributed by atoms with Crippen LogP contribution in [0.1, 0.15) is 18.2 Å². The quantitative estimate of drug-likeness (QED) is 0.799. The number of aryl methyl sites for hydroxylation is 1. The molecule has 0 bridgehead atoms. The van der Waals surface area contributed by atoms with E-state index in [1.54, 1.807) is 12.4 Å². The Bertz CT molecular complexity index is 620. The number of pyridine rings is 1. The number of hydrogen-bond acceptors (Lipinski definition) is 4. The summed E-state index contributed by atoms with van der Waals surface area (Å²) in [7, 11) is 2.02. The summed E-state index contributed by atoms with van der Waals surface area (Å²) in [6.07, 6.45) is 3.53. The lowest BCUT2D eigenvalue weighted by Crippen LogP contribution is -2.22. The van der Waals surface area contributed by atoms with Crippen molar-refractivity contribution in [2.24, 2.45) is 0 Å². The van der Waals surface area contributed by atoms with Gasteiger partial charge in [-0.2, -0.15) is 0 Å². The summed E-state index contributed by atoms with van der Waals surface area (Å²) in [6, 6.07) is 3.87. The van der Waals surface area contributed by atoms with Crippen LogP contribution in [0.4, 0.5) is 5.82 Å². The molecule has 4 nitrogen and oxygen atoms in total. The number of aromatic nitrogens is 3. The SMILES string of the molecule is C=C(C)CN(C)c1nc(-c2cccnc2)nc(C)c1C. The normalized spacial score (nSPS) is 10.4. The van der Waals surface area contributed by atoms with E-state index in [-0.39, 0.29) is 0 Å². The summed E-state index contributed by atoms with van der Waals surface area (Å²) >= 11 is 0. The number of nitrogens with zero attached hydrogens (tertiary/aromatic N) is 4. The van der Waals surface area contributed by atoms with Gasteiger partial charge in [-0.3, -0.25) is 4.98 Å². The van der Waals surface area contributed by atoms with Gasteiger partial charge in [-0.15, -0.1) is 0 Å². The van der Waals surface area contributed by atoms with E-state index in [2.05, 4.69) is 21.4 Å². The Balaban J connectivity index is 2.47. The predicted molar refractivity (Wildman–Crippen MR) is 82.8 cm³/mol. The van der Waals surface area contributed by atoms with E-state index in [0.29, 0.717) is 5.82 Å². The third-order valence-electron chi connectivity index (χ3n) is 3.15. The third-order valence-corrected chi connectivity index (χ3v) is 3.15. The van der Waals surface area contributed by atoms with Gasteiger partial charge in [-0.25, -0.2) is 9.97 Å². The fourth-order valence-electron chi connectivity index (χ4n) is 2.09. The molecule has 0 aliphatic rings. The Morgan fingerprint density at radius 2 is 2.05 bits per heavy atom. The molecule has 2 aromatic rings. The number of hydrogen-bond donors (Lipinski definition) is 0. The third kappa shape index (κ3) is 3.02. The molecule has 104 valence electrons. The maximum Gasteiger partial charge on any atom is 0.163 e. The molecule has 2 heterocycles. The highest BCUT2D eigenvalue weighted by molar-refractivity contribution is 5.59. The molecule has 4 heteroatoms. The number of rotatable bonds is 4. The summed E-state index contributed by atoms with van der Waals surface area (Å²) in [5.41, 5.74) is 4.12. The van der Waals surface area contributed by atoms with E-state index in [0.717, 1.165) is 34.8 Å². The fraction of sp³-hybridized carbons (Fsp3) is 0.312. The van der Waals surface area contributed by atoms with Crippen LogP contribution in [0.15, 0.2) is 36.7 Å². The van der Waals surface area contributed by atoms with Gasteiger partial charge in [0.2, 0.25) is 0 Å². The van der Waals surface area contributed by atoms with Gasteiger partial charge in [-0.05, 0) is 32.9 Å². The zero-order valence-corrected chi connectivity index (χ0v) is 12.5. The molecule has 2 rings (SSSR count). The maximum atomic E-state index is 4.69. The zero-order chi connectivity index (χ0) is 14.7. The lowest BCUT2D eigenvalue weighted by molar-refractivity contribution is 0.924. The largest absolute Gasteiger partial charge is 0.355 e. The molecule has 0 aromatic carbocycles. The van der Waals surface area contributed by atoms with Crippen LogP contribution in [-0.4, -0.2) is 28.5 Å². The average Bonchev–Trinajstić information content (AvgIpc) is 2.41. The molecule has 0 radical (unpaired) electrons. The second-order valence-electron chi connectivity index (χ2n) is 5.14. The van der Waals surface area contributed by atoms with Crippen LogP contribution in [0.2, 0.25) is 0 Å². The monoisotopic (exact) mass is 268 g/mol. The second kappa shape index (κ2) is 5.82. The summed E-state index contributed by atoms with van der Waals surface area (Å²) in [4.78, 5) is 15.5. The van der Waals surface area contributed by atoms with Crippen LogP contribution in [0, 0.1) is 13.8 Å². The highest BCUT2D eigenvalue weighted by atomic mass is 15.2. The van der Waals surface area contributed by atoms with E-state index in [4.69, 9.17) is 4.98 Å². The smallest absolute Gasteiger partial charge is 0.163 e. The predicted octanol–water partition coefficient (Wildman–Crippen LogP) is 3.17. The van der Waals surface area contributed by atoms with Gasteiger partial charge in [0.15, 0.2) is 5.82 Å². The highest BCUT2D eigenvalue weighted by Gasteiger charge is 2.13. The fourth-order valence-corrected chi connectivity index (χ4v) is 2.09.